The second-order valence-corrected chi connectivity index (χ2v) is 9.30. The summed E-state index contributed by atoms with van der Waals surface area (Å²) in [5.41, 5.74) is -0.0158. The highest BCUT2D eigenvalue weighted by Crippen LogP contribution is 2.32. The summed E-state index contributed by atoms with van der Waals surface area (Å²) in [5.74, 6) is -2.22. The predicted molar refractivity (Wildman–Crippen MR) is 117 cm³/mol. The number of ketones is 1. The summed E-state index contributed by atoms with van der Waals surface area (Å²) in [5, 5.41) is 24.7. The molecule has 0 heterocycles. The van der Waals surface area contributed by atoms with Gasteiger partial charge in [-0.15, -0.1) is 0 Å². The van der Waals surface area contributed by atoms with Crippen LogP contribution in [0, 0.1) is 20.2 Å². The Morgan fingerprint density at radius 2 is 1.32 bits per heavy atom. The SMILES string of the molecule is CC(C)(C)c1cc(NC(=O)C(=O)c2ccc([N+](=O)[O-])cc2[N+](=O)[O-])cc(C(C)(C)C)c1. The fourth-order valence-corrected chi connectivity index (χ4v) is 2.85. The monoisotopic (exact) mass is 427 g/mol. The summed E-state index contributed by atoms with van der Waals surface area (Å²) < 4.78 is 0. The molecule has 0 aliphatic heterocycles. The lowest BCUT2D eigenvalue weighted by atomic mass is 9.80. The molecule has 0 atom stereocenters. The maximum atomic E-state index is 12.6. The van der Waals surface area contributed by atoms with E-state index in [1.165, 1.54) is 0 Å². The summed E-state index contributed by atoms with van der Waals surface area (Å²) >= 11 is 0. The molecular weight excluding hydrogens is 402 g/mol. The van der Waals surface area contributed by atoms with E-state index in [0.717, 1.165) is 23.3 Å². The molecule has 1 N–H and O–H groups in total. The van der Waals surface area contributed by atoms with Gasteiger partial charge in [0.05, 0.1) is 15.9 Å². The molecule has 2 aromatic rings. The van der Waals surface area contributed by atoms with Crippen molar-refractivity contribution in [2.24, 2.45) is 0 Å². The van der Waals surface area contributed by atoms with Crippen molar-refractivity contribution in [1.82, 2.24) is 0 Å². The van der Waals surface area contributed by atoms with Crippen LogP contribution in [0.3, 0.4) is 0 Å². The number of nitrogens with one attached hydrogen (secondary N) is 1. The third-order valence-corrected chi connectivity index (χ3v) is 4.76. The van der Waals surface area contributed by atoms with Crippen molar-refractivity contribution in [3.63, 3.8) is 0 Å². The zero-order valence-corrected chi connectivity index (χ0v) is 18.3. The number of hydrogen-bond acceptors (Lipinski definition) is 6. The van der Waals surface area contributed by atoms with Crippen LogP contribution < -0.4 is 5.32 Å². The number of carbonyl (C=O) groups is 2. The zero-order chi connectivity index (χ0) is 23.7. The van der Waals surface area contributed by atoms with Gasteiger partial charge in [0, 0.05) is 11.8 Å². The zero-order valence-electron chi connectivity index (χ0n) is 18.3. The second-order valence-electron chi connectivity index (χ2n) is 9.30. The molecule has 0 saturated heterocycles. The number of amides is 1. The normalized spacial score (nSPS) is 11.7. The third-order valence-electron chi connectivity index (χ3n) is 4.76. The van der Waals surface area contributed by atoms with Gasteiger partial charge in [0.15, 0.2) is 0 Å². The molecule has 0 aliphatic carbocycles. The number of rotatable bonds is 5. The molecule has 164 valence electrons. The smallest absolute Gasteiger partial charge is 0.297 e. The Bertz CT molecular complexity index is 1050. The fourth-order valence-electron chi connectivity index (χ4n) is 2.85. The number of nitrogens with zero attached hydrogens (tertiary/aromatic N) is 2. The highest BCUT2D eigenvalue weighted by atomic mass is 16.6. The molecule has 1 amide bonds. The van der Waals surface area contributed by atoms with Gasteiger partial charge < -0.3 is 5.32 Å². The van der Waals surface area contributed by atoms with E-state index in [1.54, 1.807) is 12.1 Å². The first-order valence-electron chi connectivity index (χ1n) is 9.56. The summed E-state index contributed by atoms with van der Waals surface area (Å²) in [6.45, 7) is 12.1. The van der Waals surface area contributed by atoms with Crippen LogP contribution in [0.2, 0.25) is 0 Å². The molecule has 31 heavy (non-hydrogen) atoms. The second kappa shape index (κ2) is 8.25. The van der Waals surface area contributed by atoms with Crippen molar-refractivity contribution in [2.75, 3.05) is 5.32 Å². The van der Waals surface area contributed by atoms with Crippen LogP contribution in [-0.4, -0.2) is 21.5 Å². The summed E-state index contributed by atoms with van der Waals surface area (Å²) in [4.78, 5) is 45.7. The van der Waals surface area contributed by atoms with Gasteiger partial charge in [0.25, 0.3) is 23.1 Å². The molecule has 0 fully saturated rings. The Morgan fingerprint density at radius 1 is 0.806 bits per heavy atom. The molecule has 0 saturated carbocycles. The first-order valence-corrected chi connectivity index (χ1v) is 9.56. The van der Waals surface area contributed by atoms with Gasteiger partial charge in [0.1, 0.15) is 5.56 Å². The standard InChI is InChI=1S/C22H25N3O6/c1-21(2,3)13-9-14(22(4,5)6)11-15(10-13)23-20(27)19(26)17-8-7-16(24(28)29)12-18(17)25(30)31/h7-12H,1-6H3,(H,23,27). The molecule has 9 heteroatoms. The molecular formula is C22H25N3O6. The Balaban J connectivity index is 2.45. The Hall–Kier alpha value is -3.62. The number of Topliss-reactive ketones (excluding diaryl/α,β-unsaturated/α-hetero) is 1. The molecule has 0 aromatic heterocycles. The van der Waals surface area contributed by atoms with Crippen LogP contribution in [0.15, 0.2) is 36.4 Å². The number of benzene rings is 2. The minimum atomic E-state index is -1.15. The van der Waals surface area contributed by atoms with Gasteiger partial charge in [0.2, 0.25) is 0 Å². The van der Waals surface area contributed by atoms with Gasteiger partial charge in [-0.2, -0.15) is 0 Å². The average molecular weight is 427 g/mol. The topological polar surface area (TPSA) is 132 Å². The maximum Gasteiger partial charge on any atom is 0.297 e. The van der Waals surface area contributed by atoms with Crippen molar-refractivity contribution < 1.29 is 19.4 Å². The van der Waals surface area contributed by atoms with Crippen LogP contribution in [-0.2, 0) is 15.6 Å². The van der Waals surface area contributed by atoms with Crippen molar-refractivity contribution in [3.05, 3.63) is 73.3 Å². The molecule has 0 radical (unpaired) electrons. The lowest BCUT2D eigenvalue weighted by Crippen LogP contribution is -2.25. The van der Waals surface area contributed by atoms with Crippen molar-refractivity contribution in [3.8, 4) is 0 Å². The number of nitro groups is 2. The summed E-state index contributed by atoms with van der Waals surface area (Å²) in [7, 11) is 0. The molecule has 0 bridgehead atoms. The van der Waals surface area contributed by atoms with Gasteiger partial charge in [-0.25, -0.2) is 0 Å². The highest BCUT2D eigenvalue weighted by Gasteiger charge is 2.29. The van der Waals surface area contributed by atoms with E-state index in [9.17, 15) is 29.8 Å². The minimum absolute atomic E-state index is 0.220. The van der Waals surface area contributed by atoms with Crippen molar-refractivity contribution >= 4 is 28.8 Å². The van der Waals surface area contributed by atoms with E-state index in [1.807, 2.05) is 47.6 Å². The van der Waals surface area contributed by atoms with Gasteiger partial charge in [-0.3, -0.25) is 29.8 Å². The summed E-state index contributed by atoms with van der Waals surface area (Å²) in [6, 6.07) is 8.09. The van der Waals surface area contributed by atoms with E-state index >= 15 is 0 Å². The van der Waals surface area contributed by atoms with Gasteiger partial charge in [-0.05, 0) is 40.2 Å². The molecule has 9 nitrogen and oxygen atoms in total. The van der Waals surface area contributed by atoms with E-state index in [-0.39, 0.29) is 10.8 Å². The summed E-state index contributed by atoms with van der Waals surface area (Å²) in [6.07, 6.45) is 0. The minimum Gasteiger partial charge on any atom is -0.319 e. The van der Waals surface area contributed by atoms with Crippen LogP contribution in [0.25, 0.3) is 0 Å². The number of non-ortho nitro benzene ring substituents is 1. The van der Waals surface area contributed by atoms with Crippen LogP contribution >= 0.6 is 0 Å². The molecule has 0 aliphatic rings. The average Bonchev–Trinajstić information content (AvgIpc) is 2.65. The lowest BCUT2D eigenvalue weighted by molar-refractivity contribution is -0.394. The van der Waals surface area contributed by atoms with E-state index < -0.39 is 38.5 Å². The lowest BCUT2D eigenvalue weighted by Gasteiger charge is -2.26. The molecule has 0 spiro atoms. The number of anilines is 1. The van der Waals surface area contributed by atoms with Crippen molar-refractivity contribution in [2.45, 2.75) is 52.4 Å². The Labute approximate surface area is 179 Å². The number of carbonyl (C=O) groups excluding carboxylic acids is 2. The molecule has 2 rings (SSSR count). The maximum absolute atomic E-state index is 12.6. The van der Waals surface area contributed by atoms with E-state index in [4.69, 9.17) is 0 Å². The molecule has 0 unspecified atom stereocenters. The van der Waals surface area contributed by atoms with E-state index in [0.29, 0.717) is 11.8 Å². The quantitative estimate of drug-likeness (QED) is 0.312. The van der Waals surface area contributed by atoms with Crippen LogP contribution in [0.4, 0.5) is 17.1 Å². The Morgan fingerprint density at radius 3 is 1.74 bits per heavy atom. The predicted octanol–water partition coefficient (Wildman–Crippen LogP) is 4.92. The van der Waals surface area contributed by atoms with Crippen LogP contribution in [0.5, 0.6) is 0 Å². The van der Waals surface area contributed by atoms with E-state index in [2.05, 4.69) is 5.32 Å². The van der Waals surface area contributed by atoms with Gasteiger partial charge in [-0.1, -0.05) is 47.6 Å². The molecule has 2 aromatic carbocycles. The third kappa shape index (κ3) is 5.50. The van der Waals surface area contributed by atoms with Gasteiger partial charge >= 0.3 is 0 Å². The first-order chi connectivity index (χ1) is 14.1. The fraction of sp³-hybridized carbons (Fsp3) is 0.364. The van der Waals surface area contributed by atoms with Crippen LogP contribution in [0.1, 0.15) is 63.0 Å². The first kappa shape index (κ1) is 23.7. The highest BCUT2D eigenvalue weighted by molar-refractivity contribution is 6.47. The van der Waals surface area contributed by atoms with Crippen molar-refractivity contribution in [1.29, 1.82) is 0 Å². The number of nitro benzene ring substituents is 2. The Kier molecular flexibility index (Phi) is 6.30. The largest absolute Gasteiger partial charge is 0.319 e. The number of hydrogen-bond donors (Lipinski definition) is 1.